The van der Waals surface area contributed by atoms with Crippen LogP contribution in [0.3, 0.4) is 0 Å². The predicted octanol–water partition coefficient (Wildman–Crippen LogP) is 10.4. The maximum atomic E-state index is 6.90. The number of benzene rings is 7. The van der Waals surface area contributed by atoms with E-state index in [0.29, 0.717) is 0 Å². The van der Waals surface area contributed by atoms with Crippen molar-refractivity contribution in [3.63, 3.8) is 0 Å². The van der Waals surface area contributed by atoms with E-state index in [-0.39, 0.29) is 6.71 Å². The van der Waals surface area contributed by atoms with Crippen LogP contribution in [0.5, 0.6) is 11.5 Å². The van der Waals surface area contributed by atoms with Crippen LogP contribution in [0.1, 0.15) is 16.7 Å². The molecule has 7 aromatic carbocycles. The molecule has 0 fully saturated rings. The first-order valence-corrected chi connectivity index (χ1v) is 17.2. The molecular weight excluding hydrogens is 611 g/mol. The van der Waals surface area contributed by atoms with Crippen molar-refractivity contribution in [3.8, 4) is 11.5 Å². The molecule has 8 aromatic rings. The maximum absolute atomic E-state index is 6.90. The molecule has 0 N–H and O–H groups in total. The molecule has 0 saturated carbocycles. The highest BCUT2D eigenvalue weighted by Crippen LogP contribution is 2.43. The quantitative estimate of drug-likeness (QED) is 0.178. The zero-order valence-corrected chi connectivity index (χ0v) is 28.1. The summed E-state index contributed by atoms with van der Waals surface area (Å²) in [4.78, 5) is 4.70. The molecule has 3 heterocycles. The molecule has 0 unspecified atom stereocenters. The average Bonchev–Trinajstić information content (AvgIpc) is 3.51. The van der Waals surface area contributed by atoms with Gasteiger partial charge in [0.2, 0.25) is 0 Å². The van der Waals surface area contributed by atoms with E-state index in [1.165, 1.54) is 38.8 Å². The SMILES string of the molecule is Cc1ccc(N(c2ccc3c(c2)Oc2cccc4c2B3c2cc(C)ccc2N4c2ccc(C)cc2)c2ccc3oc4ccccc4c3c2)cc1. The summed E-state index contributed by atoms with van der Waals surface area (Å²) in [5.41, 5.74) is 15.8. The monoisotopic (exact) mass is 644 g/mol. The van der Waals surface area contributed by atoms with Gasteiger partial charge in [0, 0.05) is 51.0 Å². The number of para-hydroxylation sites is 1. The molecule has 2 aliphatic rings. The summed E-state index contributed by atoms with van der Waals surface area (Å²) in [6.45, 7) is 6.48. The van der Waals surface area contributed by atoms with Crippen LogP contribution in [0.4, 0.5) is 34.1 Å². The number of anilines is 6. The summed E-state index contributed by atoms with van der Waals surface area (Å²) in [5.74, 6) is 1.77. The number of nitrogens with zero attached hydrogens (tertiary/aromatic N) is 2. The third-order valence-electron chi connectivity index (χ3n) is 10.3. The minimum atomic E-state index is 0.0390. The zero-order chi connectivity index (χ0) is 33.5. The first-order chi connectivity index (χ1) is 24.5. The van der Waals surface area contributed by atoms with Crippen molar-refractivity contribution in [2.24, 2.45) is 0 Å². The van der Waals surface area contributed by atoms with Gasteiger partial charge in [-0.1, -0.05) is 83.4 Å². The fourth-order valence-corrected chi connectivity index (χ4v) is 7.90. The van der Waals surface area contributed by atoms with Gasteiger partial charge < -0.3 is 19.0 Å². The van der Waals surface area contributed by atoms with Crippen LogP contribution in [0, 0.1) is 20.8 Å². The molecule has 4 nitrogen and oxygen atoms in total. The van der Waals surface area contributed by atoms with Gasteiger partial charge in [0.15, 0.2) is 0 Å². The average molecular weight is 645 g/mol. The minimum Gasteiger partial charge on any atom is -0.458 e. The van der Waals surface area contributed by atoms with Crippen molar-refractivity contribution >= 4 is 79.2 Å². The lowest BCUT2D eigenvalue weighted by Gasteiger charge is -2.40. The number of furan rings is 1. The Balaban J connectivity index is 1.15. The van der Waals surface area contributed by atoms with E-state index in [0.717, 1.165) is 61.9 Å². The number of fused-ring (bicyclic) bond motifs is 7. The van der Waals surface area contributed by atoms with E-state index in [1.54, 1.807) is 0 Å². The zero-order valence-electron chi connectivity index (χ0n) is 28.1. The molecule has 0 atom stereocenters. The van der Waals surface area contributed by atoms with Crippen molar-refractivity contribution in [1.29, 1.82) is 0 Å². The molecule has 0 bridgehead atoms. The van der Waals surface area contributed by atoms with Gasteiger partial charge in [-0.3, -0.25) is 0 Å². The van der Waals surface area contributed by atoms with E-state index in [4.69, 9.17) is 9.15 Å². The highest BCUT2D eigenvalue weighted by atomic mass is 16.5. The van der Waals surface area contributed by atoms with Crippen LogP contribution in [-0.2, 0) is 0 Å². The highest BCUT2D eigenvalue weighted by Gasteiger charge is 2.41. The summed E-state index contributed by atoms with van der Waals surface area (Å²) in [6, 6.07) is 52.3. The largest absolute Gasteiger partial charge is 0.458 e. The summed E-state index contributed by atoms with van der Waals surface area (Å²) < 4.78 is 13.1. The number of ether oxygens (including phenoxy) is 1. The summed E-state index contributed by atoms with van der Waals surface area (Å²) in [7, 11) is 0. The normalized spacial score (nSPS) is 12.8. The number of hydrogen-bond acceptors (Lipinski definition) is 4. The molecule has 50 heavy (non-hydrogen) atoms. The van der Waals surface area contributed by atoms with Gasteiger partial charge >= 0.3 is 0 Å². The Bertz CT molecular complexity index is 2620. The second kappa shape index (κ2) is 10.9. The fraction of sp³-hybridized carbons (Fsp3) is 0.0667. The lowest BCUT2D eigenvalue weighted by molar-refractivity contribution is 0.487. The van der Waals surface area contributed by atoms with Gasteiger partial charge in [-0.05, 0) is 110 Å². The predicted molar refractivity (Wildman–Crippen MR) is 208 cm³/mol. The molecule has 5 heteroatoms. The maximum Gasteiger partial charge on any atom is 0.256 e. The van der Waals surface area contributed by atoms with E-state index >= 15 is 0 Å². The van der Waals surface area contributed by atoms with Crippen molar-refractivity contribution in [1.82, 2.24) is 0 Å². The Morgan fingerprint density at radius 1 is 0.500 bits per heavy atom. The van der Waals surface area contributed by atoms with Crippen LogP contribution in [-0.4, -0.2) is 6.71 Å². The molecule has 1 aromatic heterocycles. The second-order valence-corrected chi connectivity index (χ2v) is 13.6. The molecular formula is C45H33BN2O2. The highest BCUT2D eigenvalue weighted by molar-refractivity contribution is 6.99. The molecule has 10 rings (SSSR count). The Kier molecular flexibility index (Phi) is 6.28. The van der Waals surface area contributed by atoms with E-state index in [9.17, 15) is 0 Å². The van der Waals surface area contributed by atoms with Crippen LogP contribution < -0.4 is 30.9 Å². The number of hydrogen-bond donors (Lipinski definition) is 0. The molecule has 0 aliphatic carbocycles. The van der Waals surface area contributed by atoms with Crippen molar-refractivity contribution in [3.05, 3.63) is 162 Å². The Morgan fingerprint density at radius 2 is 1.20 bits per heavy atom. The second-order valence-electron chi connectivity index (χ2n) is 13.6. The molecule has 0 radical (unpaired) electrons. The van der Waals surface area contributed by atoms with Crippen LogP contribution in [0.25, 0.3) is 21.9 Å². The lowest BCUT2D eigenvalue weighted by Crippen LogP contribution is -2.59. The molecule has 2 aliphatic heterocycles. The Morgan fingerprint density at radius 3 is 2.04 bits per heavy atom. The third kappa shape index (κ3) is 4.40. The Labute approximate surface area is 291 Å². The lowest BCUT2D eigenvalue weighted by atomic mass is 9.34. The fourth-order valence-electron chi connectivity index (χ4n) is 7.90. The standard InChI is InChI=1S/C45H33BN2O2/c1-28-11-16-31(17-12-28)47(33-21-24-42-36(26-33)35-7-4-5-9-41(35)49-42)34-20-22-37-44(27-34)50-43-10-6-8-40-45(43)46(37)38-25-30(3)15-23-39(38)48(40)32-18-13-29(2)14-19-32/h4-27H,1-3H3. The van der Waals surface area contributed by atoms with Crippen molar-refractivity contribution < 1.29 is 9.15 Å². The van der Waals surface area contributed by atoms with Gasteiger partial charge in [0.1, 0.15) is 22.7 Å². The van der Waals surface area contributed by atoms with Gasteiger partial charge in [0.05, 0.1) is 0 Å². The van der Waals surface area contributed by atoms with E-state index in [2.05, 4.69) is 164 Å². The molecule has 0 amide bonds. The van der Waals surface area contributed by atoms with Gasteiger partial charge in [0.25, 0.3) is 6.71 Å². The van der Waals surface area contributed by atoms with Gasteiger partial charge in [-0.25, -0.2) is 0 Å². The van der Waals surface area contributed by atoms with Crippen LogP contribution in [0.15, 0.2) is 150 Å². The number of rotatable bonds is 4. The topological polar surface area (TPSA) is 28.9 Å². The van der Waals surface area contributed by atoms with Crippen molar-refractivity contribution in [2.45, 2.75) is 20.8 Å². The summed E-state index contributed by atoms with van der Waals surface area (Å²) in [6.07, 6.45) is 0. The van der Waals surface area contributed by atoms with Crippen molar-refractivity contribution in [2.75, 3.05) is 9.80 Å². The van der Waals surface area contributed by atoms with Crippen LogP contribution >= 0.6 is 0 Å². The smallest absolute Gasteiger partial charge is 0.256 e. The van der Waals surface area contributed by atoms with E-state index in [1.807, 2.05) is 12.1 Å². The minimum absolute atomic E-state index is 0.0390. The number of aryl methyl sites for hydroxylation is 3. The van der Waals surface area contributed by atoms with Gasteiger partial charge in [-0.15, -0.1) is 0 Å². The first kappa shape index (κ1) is 28.8. The third-order valence-corrected chi connectivity index (χ3v) is 10.3. The Hall–Kier alpha value is -6.20. The van der Waals surface area contributed by atoms with E-state index < -0.39 is 0 Å². The molecule has 0 spiro atoms. The summed E-state index contributed by atoms with van der Waals surface area (Å²) >= 11 is 0. The summed E-state index contributed by atoms with van der Waals surface area (Å²) in [5, 5.41) is 2.21. The first-order valence-electron chi connectivity index (χ1n) is 17.2. The molecule has 0 saturated heterocycles. The molecule has 238 valence electrons. The van der Waals surface area contributed by atoms with Crippen LogP contribution in [0.2, 0.25) is 0 Å². The van der Waals surface area contributed by atoms with Gasteiger partial charge in [-0.2, -0.15) is 0 Å².